The van der Waals surface area contributed by atoms with E-state index >= 15 is 0 Å². The summed E-state index contributed by atoms with van der Waals surface area (Å²) in [5.41, 5.74) is 3.07. The number of rotatable bonds is 16. The number of aromatic nitrogens is 4. The van der Waals surface area contributed by atoms with Crippen LogP contribution < -0.4 is 10.1 Å². The molecule has 1 atom stereocenters. The number of hydrogen-bond donors (Lipinski definition) is 1. The summed E-state index contributed by atoms with van der Waals surface area (Å²) in [6, 6.07) is 12.8. The van der Waals surface area contributed by atoms with Gasteiger partial charge in [-0.25, -0.2) is 9.97 Å². The third-order valence-electron chi connectivity index (χ3n) is 7.01. The maximum absolute atomic E-state index is 12.9. The number of fused-ring (bicyclic) bond motifs is 1. The number of aryl methyl sites for hydroxylation is 1. The van der Waals surface area contributed by atoms with E-state index in [-0.39, 0.29) is 17.7 Å². The summed E-state index contributed by atoms with van der Waals surface area (Å²) in [5.74, 6) is 0.911. The lowest BCUT2D eigenvalue weighted by atomic mass is 9.95. The third kappa shape index (κ3) is 8.31. The van der Waals surface area contributed by atoms with E-state index in [1.807, 2.05) is 36.0 Å². The first-order valence-corrected chi connectivity index (χ1v) is 13.9. The summed E-state index contributed by atoms with van der Waals surface area (Å²) < 4.78 is 12.6. The molecular weight excluding hydrogens is 518 g/mol. The topological polar surface area (TPSA) is 108 Å². The van der Waals surface area contributed by atoms with Crippen LogP contribution in [0.15, 0.2) is 73.7 Å². The first kappa shape index (κ1) is 29.6. The Bertz CT molecular complexity index is 1450. The van der Waals surface area contributed by atoms with E-state index in [1.165, 1.54) is 0 Å². The number of carbonyl (C=O) groups is 2. The number of carbonyl (C=O) groups excluding carboxylic acids is 2. The van der Waals surface area contributed by atoms with E-state index in [0.29, 0.717) is 42.4 Å². The number of benzene rings is 2. The van der Waals surface area contributed by atoms with E-state index in [2.05, 4.69) is 21.9 Å². The molecule has 0 bridgehead atoms. The number of nitrogens with one attached hydrogen (secondary N) is 1. The zero-order chi connectivity index (χ0) is 29.0. The fourth-order valence-corrected chi connectivity index (χ4v) is 4.78. The Hall–Kier alpha value is -4.37. The van der Waals surface area contributed by atoms with Gasteiger partial charge in [-0.2, -0.15) is 5.10 Å². The lowest BCUT2D eigenvalue weighted by Gasteiger charge is -2.16. The zero-order valence-corrected chi connectivity index (χ0v) is 23.7. The highest BCUT2D eigenvalue weighted by molar-refractivity contribution is 6.00. The van der Waals surface area contributed by atoms with Crippen molar-refractivity contribution in [2.45, 2.75) is 45.6 Å². The molecule has 0 saturated carbocycles. The molecule has 0 spiro atoms. The summed E-state index contributed by atoms with van der Waals surface area (Å²) >= 11 is 0. The molecule has 0 aliphatic carbocycles. The monoisotopic (exact) mass is 555 g/mol. The van der Waals surface area contributed by atoms with Crippen molar-refractivity contribution >= 4 is 22.6 Å². The van der Waals surface area contributed by atoms with Crippen molar-refractivity contribution in [3.8, 4) is 11.8 Å². The predicted octanol–water partition coefficient (Wildman–Crippen LogP) is 5.94. The Kier molecular flexibility index (Phi) is 10.7. The van der Waals surface area contributed by atoms with Gasteiger partial charge < -0.3 is 14.8 Å². The average Bonchev–Trinajstić information content (AvgIpc) is 3.40. The second-order valence-corrected chi connectivity index (χ2v) is 9.98. The van der Waals surface area contributed by atoms with Crippen molar-refractivity contribution in [1.82, 2.24) is 25.1 Å². The molecule has 1 amide bonds. The Labute approximate surface area is 240 Å². The van der Waals surface area contributed by atoms with Gasteiger partial charge in [-0.05, 0) is 86.6 Å². The maximum Gasteiger partial charge on any atom is 0.321 e. The van der Waals surface area contributed by atoms with Crippen LogP contribution in [0.1, 0.15) is 58.4 Å². The molecule has 9 nitrogen and oxygen atoms in total. The molecule has 4 rings (SSSR count). The number of hydrogen-bond acceptors (Lipinski definition) is 7. The van der Waals surface area contributed by atoms with Gasteiger partial charge in [0.15, 0.2) is 5.78 Å². The molecule has 4 aromatic rings. The van der Waals surface area contributed by atoms with Crippen LogP contribution in [-0.2, 0) is 11.3 Å². The van der Waals surface area contributed by atoms with Gasteiger partial charge in [-0.3, -0.25) is 14.3 Å². The van der Waals surface area contributed by atoms with Crippen LogP contribution >= 0.6 is 0 Å². The lowest BCUT2D eigenvalue weighted by Crippen LogP contribution is -2.27. The summed E-state index contributed by atoms with van der Waals surface area (Å²) in [6.07, 6.45) is 11.2. The fraction of sp³-hybridized carbons (Fsp3) is 0.344. The summed E-state index contributed by atoms with van der Waals surface area (Å²) in [4.78, 5) is 33.6. The normalized spacial score (nSPS) is 11.8. The van der Waals surface area contributed by atoms with Crippen molar-refractivity contribution in [2.24, 2.45) is 5.92 Å². The Morgan fingerprint density at radius 2 is 1.88 bits per heavy atom. The van der Waals surface area contributed by atoms with Crippen molar-refractivity contribution in [2.75, 3.05) is 20.3 Å². The smallest absolute Gasteiger partial charge is 0.321 e. The Morgan fingerprint density at radius 3 is 2.61 bits per heavy atom. The number of Topliss-reactive ketones (excluding diaryl/α,β-unsaturated/α-hetero) is 1. The molecule has 0 saturated heterocycles. The van der Waals surface area contributed by atoms with E-state index in [4.69, 9.17) is 14.6 Å². The van der Waals surface area contributed by atoms with Crippen LogP contribution in [0.25, 0.3) is 10.9 Å². The molecule has 1 unspecified atom stereocenters. The predicted molar refractivity (Wildman–Crippen MR) is 158 cm³/mol. The third-order valence-corrected chi connectivity index (χ3v) is 7.01. The Balaban J connectivity index is 1.34. The molecular formula is C32H37N5O4. The highest BCUT2D eigenvalue weighted by Gasteiger charge is 2.16. The minimum atomic E-state index is -0.116. The van der Waals surface area contributed by atoms with Gasteiger partial charge in [0.05, 0.1) is 12.1 Å². The second-order valence-electron chi connectivity index (χ2n) is 9.98. The van der Waals surface area contributed by atoms with Gasteiger partial charge in [0, 0.05) is 61.7 Å². The first-order chi connectivity index (χ1) is 20.0. The van der Waals surface area contributed by atoms with Gasteiger partial charge in [0.2, 0.25) is 0 Å². The molecule has 2 aromatic carbocycles. The van der Waals surface area contributed by atoms with E-state index in [9.17, 15) is 9.59 Å². The van der Waals surface area contributed by atoms with Crippen LogP contribution in [0, 0.1) is 12.8 Å². The lowest BCUT2D eigenvalue weighted by molar-refractivity contribution is 0.0935. The first-order valence-electron chi connectivity index (χ1n) is 13.9. The molecule has 9 heteroatoms. The quantitative estimate of drug-likeness (QED) is 0.104. The van der Waals surface area contributed by atoms with Gasteiger partial charge >= 0.3 is 6.01 Å². The number of methoxy groups -OCH3 is 1. The highest BCUT2D eigenvalue weighted by atomic mass is 16.5. The van der Waals surface area contributed by atoms with E-state index in [0.717, 1.165) is 48.7 Å². The SMILES string of the molecule is C=CCCC(CCCC(=O)c1ccc(Oc2ncccn2)cc1)Cn1cc2c(C)c(C(=O)NCCOC)ccc2n1. The summed E-state index contributed by atoms with van der Waals surface area (Å²) in [5, 5.41) is 8.63. The minimum absolute atomic E-state index is 0.103. The number of allylic oxidation sites excluding steroid dienone is 1. The van der Waals surface area contributed by atoms with Crippen LogP contribution in [0.2, 0.25) is 0 Å². The average molecular weight is 556 g/mol. The van der Waals surface area contributed by atoms with Crippen LogP contribution in [0.3, 0.4) is 0 Å². The van der Waals surface area contributed by atoms with E-state index in [1.54, 1.807) is 49.8 Å². The van der Waals surface area contributed by atoms with Crippen molar-refractivity contribution < 1.29 is 19.1 Å². The molecule has 0 fully saturated rings. The molecule has 214 valence electrons. The number of ketones is 1. The molecule has 1 N–H and O–H groups in total. The van der Waals surface area contributed by atoms with Crippen molar-refractivity contribution in [3.05, 3.63) is 90.4 Å². The van der Waals surface area contributed by atoms with Crippen molar-refractivity contribution in [1.29, 1.82) is 0 Å². The van der Waals surface area contributed by atoms with Crippen molar-refractivity contribution in [3.63, 3.8) is 0 Å². The Morgan fingerprint density at radius 1 is 1.10 bits per heavy atom. The maximum atomic E-state index is 12.9. The standard InChI is InChI=1S/C32H37N5O4/c1-4-5-8-24(9-6-10-30(38)25-11-13-26(14-12-25)41-32-34-17-7-18-35-32)21-37-22-28-23(2)27(15-16-29(28)36-37)31(39)33-19-20-40-3/h4,7,11-18,22,24H,1,5-6,8-10,19-21H2,2-3H3,(H,33,39). The van der Waals surface area contributed by atoms with Crippen LogP contribution in [-0.4, -0.2) is 51.7 Å². The van der Waals surface area contributed by atoms with Gasteiger partial charge in [-0.1, -0.05) is 6.08 Å². The van der Waals surface area contributed by atoms with Gasteiger partial charge in [0.25, 0.3) is 5.91 Å². The molecule has 41 heavy (non-hydrogen) atoms. The van der Waals surface area contributed by atoms with Crippen LogP contribution in [0.4, 0.5) is 0 Å². The zero-order valence-electron chi connectivity index (χ0n) is 23.7. The largest absolute Gasteiger partial charge is 0.424 e. The molecule has 0 radical (unpaired) electrons. The number of ether oxygens (including phenoxy) is 2. The van der Waals surface area contributed by atoms with Gasteiger partial charge in [0.1, 0.15) is 5.75 Å². The molecule has 2 heterocycles. The number of nitrogens with zero attached hydrogens (tertiary/aromatic N) is 4. The fourth-order valence-electron chi connectivity index (χ4n) is 4.78. The van der Waals surface area contributed by atoms with Crippen LogP contribution in [0.5, 0.6) is 11.8 Å². The summed E-state index contributed by atoms with van der Waals surface area (Å²) in [6.45, 7) is 7.50. The molecule has 0 aliphatic rings. The molecule has 0 aliphatic heterocycles. The second kappa shape index (κ2) is 14.9. The minimum Gasteiger partial charge on any atom is -0.424 e. The van der Waals surface area contributed by atoms with E-state index < -0.39 is 0 Å². The highest BCUT2D eigenvalue weighted by Crippen LogP contribution is 2.24. The summed E-state index contributed by atoms with van der Waals surface area (Å²) in [7, 11) is 1.61. The molecule has 2 aromatic heterocycles. The van der Waals surface area contributed by atoms with Gasteiger partial charge in [-0.15, -0.1) is 6.58 Å². The number of amides is 1.